The van der Waals surface area contributed by atoms with Crippen molar-refractivity contribution in [3.63, 3.8) is 0 Å². The van der Waals surface area contributed by atoms with Gasteiger partial charge in [-0.3, -0.25) is 0 Å². The molecule has 0 aliphatic rings. The normalized spacial score (nSPS) is 11.7. The molecule has 0 atom stereocenters. The summed E-state index contributed by atoms with van der Waals surface area (Å²) in [5.41, 5.74) is 9.89. The molecule has 54 heavy (non-hydrogen) atoms. The van der Waals surface area contributed by atoms with E-state index < -0.39 is 0 Å². The van der Waals surface area contributed by atoms with Gasteiger partial charge in [-0.15, -0.1) is 0 Å². The molecule has 0 fully saturated rings. The maximum Gasteiger partial charge on any atom is 0.136 e. The summed E-state index contributed by atoms with van der Waals surface area (Å²) < 4.78 is 6.41. The Hall–Kier alpha value is -7.16. The van der Waals surface area contributed by atoms with Crippen LogP contribution >= 0.6 is 0 Å². The molecule has 0 saturated carbocycles. The number of benzene rings is 10. The fourth-order valence-electron chi connectivity index (χ4n) is 8.15. The van der Waals surface area contributed by atoms with Gasteiger partial charge in [0.2, 0.25) is 0 Å². The third-order valence-electron chi connectivity index (χ3n) is 10.9. The molecule has 0 aliphatic heterocycles. The van der Waals surface area contributed by atoms with Crippen LogP contribution in [0.3, 0.4) is 0 Å². The summed E-state index contributed by atoms with van der Waals surface area (Å²) in [5, 5.41) is 11.9. The van der Waals surface area contributed by atoms with Gasteiger partial charge < -0.3 is 9.32 Å². The van der Waals surface area contributed by atoms with Gasteiger partial charge in [-0.25, -0.2) is 0 Å². The van der Waals surface area contributed by atoms with Crippen molar-refractivity contribution >= 4 is 82.1 Å². The molecule has 1 aromatic heterocycles. The summed E-state index contributed by atoms with van der Waals surface area (Å²) in [4.78, 5) is 2.37. The molecule has 0 N–H and O–H groups in total. The van der Waals surface area contributed by atoms with Gasteiger partial charge in [0.1, 0.15) is 11.2 Å². The highest BCUT2D eigenvalue weighted by Gasteiger charge is 2.17. The van der Waals surface area contributed by atoms with Crippen LogP contribution in [0, 0.1) is 0 Å². The maximum atomic E-state index is 6.41. The second kappa shape index (κ2) is 12.2. The summed E-state index contributed by atoms with van der Waals surface area (Å²) in [6.45, 7) is 0. The van der Waals surface area contributed by atoms with Gasteiger partial charge in [0.25, 0.3) is 0 Å². The van der Waals surface area contributed by atoms with Gasteiger partial charge in [-0.1, -0.05) is 127 Å². The molecule has 0 aliphatic carbocycles. The predicted molar refractivity (Wildman–Crippen MR) is 229 cm³/mol. The van der Waals surface area contributed by atoms with E-state index in [-0.39, 0.29) is 0 Å². The molecule has 2 heteroatoms. The second-order valence-electron chi connectivity index (χ2n) is 14.2. The van der Waals surface area contributed by atoms with E-state index in [2.05, 4.69) is 205 Å². The van der Waals surface area contributed by atoms with Gasteiger partial charge in [-0.05, 0) is 138 Å². The molecule has 11 aromatic rings. The first-order chi connectivity index (χ1) is 26.7. The van der Waals surface area contributed by atoms with Crippen molar-refractivity contribution in [2.75, 3.05) is 4.90 Å². The molecular formula is C52H33NO. The van der Waals surface area contributed by atoms with Crippen LogP contribution in [0.1, 0.15) is 0 Å². The smallest absolute Gasteiger partial charge is 0.136 e. The quantitative estimate of drug-likeness (QED) is 0.179. The lowest BCUT2D eigenvalue weighted by Crippen LogP contribution is -2.09. The van der Waals surface area contributed by atoms with Crippen LogP contribution < -0.4 is 4.90 Å². The molecule has 0 spiro atoms. The monoisotopic (exact) mass is 687 g/mol. The number of hydrogen-bond acceptors (Lipinski definition) is 2. The summed E-state index contributed by atoms with van der Waals surface area (Å²) >= 11 is 0. The average molecular weight is 688 g/mol. The standard InChI is InChI=1S/C52H33NO/c1-3-10-37-26-43(18-16-34(37)8-1)38-14-7-15-39(27-38)44-19-17-36-21-23-47(30-45(36)28-44)53(46-22-20-35-9-2-4-11-40(35)29-46)48-24-25-51-50(33-48)49-31-41-12-5-6-13-42(41)32-52(49)54-51/h1-33H. The Balaban J connectivity index is 1.05. The molecule has 1 heterocycles. The van der Waals surface area contributed by atoms with E-state index in [0.29, 0.717) is 0 Å². The average Bonchev–Trinajstić information content (AvgIpc) is 3.59. The van der Waals surface area contributed by atoms with Crippen LogP contribution in [0.15, 0.2) is 205 Å². The van der Waals surface area contributed by atoms with Gasteiger partial charge in [0.05, 0.1) is 0 Å². The first-order valence-corrected chi connectivity index (χ1v) is 18.5. The molecule has 0 radical (unpaired) electrons. The lowest BCUT2D eigenvalue weighted by molar-refractivity contribution is 0.669. The summed E-state index contributed by atoms with van der Waals surface area (Å²) in [6, 6.07) is 72.6. The number of rotatable bonds is 5. The van der Waals surface area contributed by atoms with Gasteiger partial charge in [0.15, 0.2) is 0 Å². The molecule has 0 bridgehead atoms. The Kier molecular flexibility index (Phi) is 6.90. The minimum Gasteiger partial charge on any atom is -0.456 e. The van der Waals surface area contributed by atoms with E-state index >= 15 is 0 Å². The Labute approximate surface area is 312 Å². The van der Waals surface area contributed by atoms with Crippen molar-refractivity contribution in [3.8, 4) is 22.3 Å². The molecule has 0 saturated heterocycles. The molecule has 10 aromatic carbocycles. The van der Waals surface area contributed by atoms with Gasteiger partial charge in [0, 0.05) is 27.8 Å². The largest absolute Gasteiger partial charge is 0.456 e. The Morgan fingerprint density at radius 2 is 0.704 bits per heavy atom. The topological polar surface area (TPSA) is 16.4 Å². The zero-order chi connectivity index (χ0) is 35.6. The first kappa shape index (κ1) is 30.5. The molecule has 11 rings (SSSR count). The fourth-order valence-corrected chi connectivity index (χ4v) is 8.15. The molecular weight excluding hydrogens is 655 g/mol. The van der Waals surface area contributed by atoms with Crippen LogP contribution in [0.25, 0.3) is 87.3 Å². The van der Waals surface area contributed by atoms with Crippen LogP contribution in [-0.4, -0.2) is 0 Å². The SMILES string of the molecule is c1cc(-c2ccc3ccccc3c2)cc(-c2ccc3ccc(N(c4ccc5ccccc5c4)c4ccc5oc6cc7ccccc7cc6c5c4)cc3c2)c1. The minimum atomic E-state index is 0.886. The van der Waals surface area contributed by atoms with Crippen molar-refractivity contribution in [1.29, 1.82) is 0 Å². The number of anilines is 3. The van der Waals surface area contributed by atoms with Crippen molar-refractivity contribution in [2.45, 2.75) is 0 Å². The molecule has 252 valence electrons. The maximum absolute atomic E-state index is 6.41. The van der Waals surface area contributed by atoms with E-state index in [0.717, 1.165) is 39.0 Å². The first-order valence-electron chi connectivity index (χ1n) is 18.5. The summed E-state index contributed by atoms with van der Waals surface area (Å²) in [7, 11) is 0. The number of nitrogens with zero attached hydrogens (tertiary/aromatic N) is 1. The summed E-state index contributed by atoms with van der Waals surface area (Å²) in [5.74, 6) is 0. The van der Waals surface area contributed by atoms with E-state index in [1.807, 2.05) is 0 Å². The van der Waals surface area contributed by atoms with Gasteiger partial charge in [-0.2, -0.15) is 0 Å². The van der Waals surface area contributed by atoms with Crippen LogP contribution in [0.5, 0.6) is 0 Å². The second-order valence-corrected chi connectivity index (χ2v) is 14.2. The summed E-state index contributed by atoms with van der Waals surface area (Å²) in [6.07, 6.45) is 0. The van der Waals surface area contributed by atoms with Crippen molar-refractivity contribution in [3.05, 3.63) is 200 Å². The highest BCUT2D eigenvalue weighted by molar-refractivity contribution is 6.11. The van der Waals surface area contributed by atoms with Gasteiger partial charge >= 0.3 is 0 Å². The zero-order valence-corrected chi connectivity index (χ0v) is 29.4. The lowest BCUT2D eigenvalue weighted by atomic mass is 9.96. The molecule has 2 nitrogen and oxygen atoms in total. The molecule has 0 unspecified atom stereocenters. The van der Waals surface area contributed by atoms with E-state index in [1.165, 1.54) is 65.3 Å². The lowest BCUT2D eigenvalue weighted by Gasteiger charge is -2.26. The number of fused-ring (bicyclic) bond motifs is 7. The Morgan fingerprint density at radius 1 is 0.259 bits per heavy atom. The van der Waals surface area contributed by atoms with E-state index in [9.17, 15) is 0 Å². The van der Waals surface area contributed by atoms with E-state index in [4.69, 9.17) is 4.42 Å². The zero-order valence-electron chi connectivity index (χ0n) is 29.4. The Bertz CT molecular complexity index is 3240. The third-order valence-corrected chi connectivity index (χ3v) is 10.9. The van der Waals surface area contributed by atoms with Crippen molar-refractivity contribution in [1.82, 2.24) is 0 Å². The fraction of sp³-hybridized carbons (Fsp3) is 0. The molecule has 0 amide bonds. The highest BCUT2D eigenvalue weighted by atomic mass is 16.3. The van der Waals surface area contributed by atoms with Crippen molar-refractivity contribution in [2.24, 2.45) is 0 Å². The predicted octanol–water partition coefficient (Wildman–Crippen LogP) is 15.0. The van der Waals surface area contributed by atoms with Crippen LogP contribution in [0.2, 0.25) is 0 Å². The van der Waals surface area contributed by atoms with Crippen molar-refractivity contribution < 1.29 is 4.42 Å². The van der Waals surface area contributed by atoms with Crippen LogP contribution in [0.4, 0.5) is 17.1 Å². The number of furan rings is 1. The number of hydrogen-bond donors (Lipinski definition) is 0. The minimum absolute atomic E-state index is 0.886. The Morgan fingerprint density at radius 3 is 1.37 bits per heavy atom. The van der Waals surface area contributed by atoms with E-state index in [1.54, 1.807) is 0 Å². The van der Waals surface area contributed by atoms with Crippen LogP contribution in [-0.2, 0) is 0 Å². The third kappa shape index (κ3) is 5.19. The highest BCUT2D eigenvalue weighted by Crippen LogP contribution is 2.41.